The van der Waals surface area contributed by atoms with Crippen molar-refractivity contribution in [3.05, 3.63) is 41.0 Å². The quantitative estimate of drug-likeness (QED) is 0.901. The fraction of sp³-hybridized carbons (Fsp3) is 0.267. The number of nitrogens with zero attached hydrogens (tertiary/aromatic N) is 3. The lowest BCUT2D eigenvalue weighted by molar-refractivity contribution is 0.624. The average Bonchev–Trinajstić information content (AvgIpc) is 2.44. The van der Waals surface area contributed by atoms with Crippen LogP contribution in [-0.4, -0.2) is 16.5 Å². The van der Waals surface area contributed by atoms with Gasteiger partial charge in [-0.2, -0.15) is 5.26 Å². The van der Waals surface area contributed by atoms with Crippen molar-refractivity contribution in [2.45, 2.75) is 20.8 Å². The van der Waals surface area contributed by atoms with E-state index in [2.05, 4.69) is 20.6 Å². The van der Waals surface area contributed by atoms with Crippen LogP contribution >= 0.6 is 0 Å². The van der Waals surface area contributed by atoms with Gasteiger partial charge in [-0.3, -0.25) is 0 Å². The summed E-state index contributed by atoms with van der Waals surface area (Å²) in [7, 11) is 0. The Labute approximate surface area is 122 Å². The molecule has 0 bridgehead atoms. The molecule has 2 rings (SSSR count). The van der Waals surface area contributed by atoms with Crippen molar-refractivity contribution in [3.8, 4) is 6.07 Å². The number of aryl methyl sites for hydroxylation is 1. The summed E-state index contributed by atoms with van der Waals surface area (Å²) in [6.45, 7) is 6.36. The van der Waals surface area contributed by atoms with Crippen molar-refractivity contribution in [1.29, 1.82) is 5.26 Å². The van der Waals surface area contributed by atoms with E-state index in [1.165, 1.54) is 6.07 Å². The van der Waals surface area contributed by atoms with Crippen molar-refractivity contribution < 1.29 is 4.39 Å². The third-order valence-electron chi connectivity index (χ3n) is 2.98. The van der Waals surface area contributed by atoms with Gasteiger partial charge < -0.3 is 10.6 Å². The van der Waals surface area contributed by atoms with Gasteiger partial charge in [0.1, 0.15) is 34.9 Å². The summed E-state index contributed by atoms with van der Waals surface area (Å²) in [5.74, 6) is 1.31. The molecule has 0 aliphatic rings. The van der Waals surface area contributed by atoms with Crippen LogP contribution in [0.4, 0.5) is 21.7 Å². The molecule has 2 N–H and O–H groups in total. The van der Waals surface area contributed by atoms with Crippen molar-refractivity contribution >= 4 is 17.3 Å². The second-order valence-corrected chi connectivity index (χ2v) is 4.52. The Hall–Kier alpha value is -2.68. The van der Waals surface area contributed by atoms with Crippen LogP contribution in [0.25, 0.3) is 0 Å². The minimum atomic E-state index is -0.558. The van der Waals surface area contributed by atoms with Crippen LogP contribution in [0, 0.1) is 31.0 Å². The molecule has 0 fully saturated rings. The highest BCUT2D eigenvalue weighted by atomic mass is 19.1. The summed E-state index contributed by atoms with van der Waals surface area (Å²) in [5, 5.41) is 15.2. The normalized spacial score (nSPS) is 10.0. The first-order chi connectivity index (χ1) is 10.1. The van der Waals surface area contributed by atoms with Crippen LogP contribution in [0.5, 0.6) is 0 Å². The van der Waals surface area contributed by atoms with Crippen molar-refractivity contribution in [2.24, 2.45) is 0 Å². The summed E-state index contributed by atoms with van der Waals surface area (Å²) in [4.78, 5) is 8.65. The smallest absolute Gasteiger partial charge is 0.143 e. The summed E-state index contributed by atoms with van der Waals surface area (Å²) in [5.41, 5.74) is 1.18. The third kappa shape index (κ3) is 3.08. The summed E-state index contributed by atoms with van der Waals surface area (Å²) >= 11 is 0. The van der Waals surface area contributed by atoms with Crippen molar-refractivity contribution in [3.63, 3.8) is 0 Å². The molecule has 2 aromatic rings. The molecular formula is C15H16FN5. The second-order valence-electron chi connectivity index (χ2n) is 4.52. The lowest BCUT2D eigenvalue weighted by Gasteiger charge is -2.14. The number of hydrogen-bond donors (Lipinski definition) is 2. The molecule has 0 atom stereocenters. The van der Waals surface area contributed by atoms with Gasteiger partial charge in [0.15, 0.2) is 0 Å². The number of nitrogens with one attached hydrogen (secondary N) is 2. The van der Waals surface area contributed by atoms with E-state index in [1.54, 1.807) is 19.1 Å². The Morgan fingerprint density at radius 3 is 2.62 bits per heavy atom. The molecule has 0 aliphatic carbocycles. The van der Waals surface area contributed by atoms with E-state index in [4.69, 9.17) is 5.26 Å². The number of rotatable bonds is 4. The van der Waals surface area contributed by atoms with Crippen LogP contribution in [-0.2, 0) is 0 Å². The van der Waals surface area contributed by atoms with Gasteiger partial charge in [-0.1, -0.05) is 6.07 Å². The fourth-order valence-electron chi connectivity index (χ4n) is 1.96. The summed E-state index contributed by atoms with van der Waals surface area (Å²) in [6.07, 6.45) is 0. The zero-order chi connectivity index (χ0) is 15.4. The maximum absolute atomic E-state index is 13.6. The number of nitriles is 1. The molecule has 0 radical (unpaired) electrons. The van der Waals surface area contributed by atoms with Gasteiger partial charge >= 0.3 is 0 Å². The van der Waals surface area contributed by atoms with Gasteiger partial charge in [0.2, 0.25) is 0 Å². The number of anilines is 3. The highest BCUT2D eigenvalue weighted by Gasteiger charge is 2.12. The second kappa shape index (κ2) is 6.18. The van der Waals surface area contributed by atoms with E-state index >= 15 is 0 Å². The van der Waals surface area contributed by atoms with Gasteiger partial charge in [0.05, 0.1) is 5.69 Å². The molecule has 5 nitrogen and oxygen atoms in total. The van der Waals surface area contributed by atoms with E-state index in [-0.39, 0.29) is 5.56 Å². The van der Waals surface area contributed by atoms with Gasteiger partial charge in [0.25, 0.3) is 0 Å². The Bertz CT molecular complexity index is 706. The molecule has 0 aliphatic heterocycles. The van der Waals surface area contributed by atoms with Crippen molar-refractivity contribution in [2.75, 3.05) is 17.2 Å². The molecular weight excluding hydrogens is 269 g/mol. The monoisotopic (exact) mass is 285 g/mol. The molecule has 1 aromatic carbocycles. The zero-order valence-corrected chi connectivity index (χ0v) is 12.2. The summed E-state index contributed by atoms with van der Waals surface area (Å²) in [6, 6.07) is 6.31. The summed E-state index contributed by atoms with van der Waals surface area (Å²) < 4.78 is 13.6. The lowest BCUT2D eigenvalue weighted by Crippen LogP contribution is -2.08. The minimum absolute atomic E-state index is 0.0295. The van der Waals surface area contributed by atoms with Gasteiger partial charge in [-0.25, -0.2) is 14.4 Å². The predicted molar refractivity (Wildman–Crippen MR) is 80.1 cm³/mol. The molecule has 0 unspecified atom stereocenters. The molecule has 0 saturated carbocycles. The number of aromatic nitrogens is 2. The fourth-order valence-corrected chi connectivity index (χ4v) is 1.96. The maximum atomic E-state index is 13.6. The Balaban J connectivity index is 2.45. The Morgan fingerprint density at radius 2 is 1.95 bits per heavy atom. The van der Waals surface area contributed by atoms with E-state index in [9.17, 15) is 4.39 Å². The molecule has 1 heterocycles. The van der Waals surface area contributed by atoms with Crippen molar-refractivity contribution in [1.82, 2.24) is 9.97 Å². The number of halogens is 1. The van der Waals surface area contributed by atoms with Crippen LogP contribution in [0.1, 0.15) is 23.9 Å². The molecule has 108 valence electrons. The van der Waals surface area contributed by atoms with Crippen LogP contribution in [0.3, 0.4) is 0 Å². The van der Waals surface area contributed by atoms with Gasteiger partial charge in [-0.15, -0.1) is 0 Å². The van der Waals surface area contributed by atoms with E-state index in [1.807, 2.05) is 19.9 Å². The van der Waals surface area contributed by atoms with Gasteiger partial charge in [-0.05, 0) is 32.9 Å². The van der Waals surface area contributed by atoms with E-state index in [0.717, 1.165) is 17.9 Å². The van der Waals surface area contributed by atoms with Crippen LogP contribution in [0.2, 0.25) is 0 Å². The molecule has 6 heteroatoms. The Morgan fingerprint density at radius 1 is 1.24 bits per heavy atom. The first-order valence-corrected chi connectivity index (χ1v) is 6.61. The largest absolute Gasteiger partial charge is 0.370 e. The first kappa shape index (κ1) is 14.7. The van der Waals surface area contributed by atoms with Crippen LogP contribution < -0.4 is 10.6 Å². The zero-order valence-electron chi connectivity index (χ0n) is 12.2. The van der Waals surface area contributed by atoms with Gasteiger partial charge in [0, 0.05) is 12.1 Å². The topological polar surface area (TPSA) is 73.6 Å². The average molecular weight is 285 g/mol. The van der Waals surface area contributed by atoms with E-state index in [0.29, 0.717) is 17.3 Å². The lowest BCUT2D eigenvalue weighted by atomic mass is 10.1. The molecule has 0 saturated heterocycles. The standard InChI is InChI=1S/C15H16FN5/c1-4-18-14-9(2)15(20-10(3)19-14)21-13-7-5-6-12(16)11(13)8-17/h5-7H,4H2,1-3H3,(H2,18,19,20,21). The SMILES string of the molecule is CCNc1nc(C)nc(Nc2cccc(F)c2C#N)c1C. The first-order valence-electron chi connectivity index (χ1n) is 6.61. The highest BCUT2D eigenvalue weighted by molar-refractivity contribution is 5.69. The molecule has 0 spiro atoms. The molecule has 0 amide bonds. The number of hydrogen-bond acceptors (Lipinski definition) is 5. The molecule has 1 aromatic heterocycles. The third-order valence-corrected chi connectivity index (χ3v) is 2.98. The molecule has 21 heavy (non-hydrogen) atoms. The highest BCUT2D eigenvalue weighted by Crippen LogP contribution is 2.26. The predicted octanol–water partition coefficient (Wildman–Crippen LogP) is 3.28. The Kier molecular flexibility index (Phi) is 4.33. The number of benzene rings is 1. The van der Waals surface area contributed by atoms with Crippen LogP contribution in [0.15, 0.2) is 18.2 Å². The maximum Gasteiger partial charge on any atom is 0.143 e. The van der Waals surface area contributed by atoms with E-state index < -0.39 is 5.82 Å². The minimum Gasteiger partial charge on any atom is -0.370 e.